The molecule has 134 valence electrons. The lowest BCUT2D eigenvalue weighted by Gasteiger charge is -2.16. The minimum atomic E-state index is -3.09. The summed E-state index contributed by atoms with van der Waals surface area (Å²) in [6.45, 7) is 4.38. The topological polar surface area (TPSA) is 108 Å². The van der Waals surface area contributed by atoms with Crippen molar-refractivity contribution in [3.63, 3.8) is 0 Å². The molecule has 0 saturated heterocycles. The molecule has 0 aliphatic rings. The Morgan fingerprint density at radius 1 is 1.21 bits per heavy atom. The SMILES string of the molecule is CCOP(=O)(CCCCn1c(=O)c2[nH]cnc2n(C)c1=O)OCC. The zero-order valence-electron chi connectivity index (χ0n) is 14.2. The van der Waals surface area contributed by atoms with Gasteiger partial charge in [0.1, 0.15) is 5.52 Å². The van der Waals surface area contributed by atoms with E-state index >= 15 is 0 Å². The summed E-state index contributed by atoms with van der Waals surface area (Å²) in [5.41, 5.74) is -0.189. The van der Waals surface area contributed by atoms with Crippen molar-refractivity contribution in [2.75, 3.05) is 19.4 Å². The highest BCUT2D eigenvalue weighted by atomic mass is 31.2. The van der Waals surface area contributed by atoms with Crippen LogP contribution in [0.5, 0.6) is 0 Å². The molecule has 0 aliphatic carbocycles. The normalized spacial score (nSPS) is 12.1. The second-order valence-corrected chi connectivity index (χ2v) is 7.46. The van der Waals surface area contributed by atoms with Crippen LogP contribution >= 0.6 is 7.60 Å². The first kappa shape index (κ1) is 18.6. The van der Waals surface area contributed by atoms with E-state index in [9.17, 15) is 14.2 Å². The van der Waals surface area contributed by atoms with E-state index in [1.807, 2.05) is 0 Å². The smallest absolute Gasteiger partial charge is 0.332 e. The van der Waals surface area contributed by atoms with Gasteiger partial charge in [-0.1, -0.05) is 0 Å². The van der Waals surface area contributed by atoms with E-state index in [2.05, 4.69) is 9.97 Å². The fourth-order valence-electron chi connectivity index (χ4n) is 2.52. The first-order valence-corrected chi connectivity index (χ1v) is 9.67. The number of hydrogen-bond acceptors (Lipinski definition) is 6. The number of fused-ring (bicyclic) bond motifs is 1. The van der Waals surface area contributed by atoms with Crippen molar-refractivity contribution in [3.05, 3.63) is 27.2 Å². The number of imidazole rings is 1. The van der Waals surface area contributed by atoms with Gasteiger partial charge in [-0.15, -0.1) is 0 Å². The van der Waals surface area contributed by atoms with Crippen molar-refractivity contribution in [2.24, 2.45) is 7.05 Å². The molecule has 9 nitrogen and oxygen atoms in total. The molecule has 10 heteroatoms. The largest absolute Gasteiger partial charge is 0.339 e. The molecule has 0 radical (unpaired) electrons. The minimum absolute atomic E-state index is 0.235. The summed E-state index contributed by atoms with van der Waals surface area (Å²) in [6, 6.07) is 0. The van der Waals surface area contributed by atoms with Crippen molar-refractivity contribution in [1.82, 2.24) is 19.1 Å². The quantitative estimate of drug-likeness (QED) is 0.537. The molecule has 0 bridgehead atoms. The third-order valence-corrected chi connectivity index (χ3v) is 5.80. The molecule has 0 unspecified atom stereocenters. The second kappa shape index (κ2) is 7.92. The Bertz CT molecular complexity index is 843. The van der Waals surface area contributed by atoms with Crippen LogP contribution in [0.1, 0.15) is 26.7 Å². The molecule has 0 spiro atoms. The highest BCUT2D eigenvalue weighted by molar-refractivity contribution is 7.53. The average molecular weight is 358 g/mol. The molecular formula is C14H23N4O5P. The van der Waals surface area contributed by atoms with E-state index in [0.29, 0.717) is 37.2 Å². The van der Waals surface area contributed by atoms with E-state index in [1.54, 1.807) is 20.9 Å². The Kier molecular flexibility index (Phi) is 6.15. The summed E-state index contributed by atoms with van der Waals surface area (Å²) in [7, 11) is -1.52. The molecule has 0 aromatic carbocycles. The number of unbranched alkanes of at least 4 members (excludes halogenated alkanes) is 1. The zero-order chi connectivity index (χ0) is 17.7. The number of nitrogens with one attached hydrogen (secondary N) is 1. The Morgan fingerprint density at radius 2 is 1.88 bits per heavy atom. The fraction of sp³-hybridized carbons (Fsp3) is 0.643. The standard InChI is InChI=1S/C14H23N4O5P/c1-4-22-24(21,23-5-2)9-7-6-8-18-13(19)11-12(16-10-15-11)17(3)14(18)20/h10H,4-9H2,1-3H3,(H,15,16). The molecule has 0 fully saturated rings. The number of aryl methyl sites for hydroxylation is 1. The van der Waals surface area contributed by atoms with E-state index in [1.165, 1.54) is 10.9 Å². The van der Waals surface area contributed by atoms with Crippen molar-refractivity contribution < 1.29 is 13.6 Å². The van der Waals surface area contributed by atoms with Crippen LogP contribution in [0.25, 0.3) is 11.2 Å². The van der Waals surface area contributed by atoms with E-state index in [4.69, 9.17) is 9.05 Å². The van der Waals surface area contributed by atoms with Gasteiger partial charge in [0.15, 0.2) is 5.65 Å². The molecular weight excluding hydrogens is 335 g/mol. The van der Waals surface area contributed by atoms with Crippen molar-refractivity contribution >= 4 is 18.8 Å². The summed E-state index contributed by atoms with van der Waals surface area (Å²) in [5.74, 6) is 0. The first-order chi connectivity index (χ1) is 11.4. The first-order valence-electron chi connectivity index (χ1n) is 7.94. The maximum absolute atomic E-state index is 12.4. The summed E-state index contributed by atoms with van der Waals surface area (Å²) in [5, 5.41) is 0. The van der Waals surface area contributed by atoms with Crippen molar-refractivity contribution in [3.8, 4) is 0 Å². The van der Waals surface area contributed by atoms with Crippen molar-refractivity contribution in [2.45, 2.75) is 33.2 Å². The summed E-state index contributed by atoms with van der Waals surface area (Å²) >= 11 is 0. The van der Waals surface area contributed by atoms with Crippen LogP contribution in [-0.2, 0) is 27.2 Å². The maximum atomic E-state index is 12.4. The molecule has 2 aromatic heterocycles. The van der Waals surface area contributed by atoms with Gasteiger partial charge in [-0.05, 0) is 26.7 Å². The van der Waals surface area contributed by atoms with E-state index in [-0.39, 0.29) is 12.7 Å². The third-order valence-electron chi connectivity index (χ3n) is 3.63. The predicted molar refractivity (Wildman–Crippen MR) is 90.6 cm³/mol. The summed E-state index contributed by atoms with van der Waals surface area (Å²) in [6.07, 6.45) is 2.68. The molecule has 24 heavy (non-hydrogen) atoms. The lowest BCUT2D eigenvalue weighted by Crippen LogP contribution is -2.39. The van der Waals surface area contributed by atoms with Crippen LogP contribution < -0.4 is 11.2 Å². The molecule has 0 atom stereocenters. The van der Waals surface area contributed by atoms with Crippen LogP contribution in [0.2, 0.25) is 0 Å². The summed E-state index contributed by atoms with van der Waals surface area (Å²) < 4.78 is 25.3. The van der Waals surface area contributed by atoms with Gasteiger partial charge in [-0.2, -0.15) is 0 Å². The average Bonchev–Trinajstić information content (AvgIpc) is 3.02. The Labute approximate surface area is 139 Å². The van der Waals surface area contributed by atoms with Gasteiger partial charge in [0, 0.05) is 13.6 Å². The minimum Gasteiger partial charge on any atom is -0.339 e. The molecule has 2 rings (SSSR count). The van der Waals surface area contributed by atoms with Gasteiger partial charge in [0.2, 0.25) is 0 Å². The van der Waals surface area contributed by atoms with Gasteiger partial charge >= 0.3 is 13.3 Å². The highest BCUT2D eigenvalue weighted by Crippen LogP contribution is 2.48. The molecule has 0 saturated carbocycles. The van der Waals surface area contributed by atoms with Gasteiger partial charge < -0.3 is 14.0 Å². The fourth-order valence-corrected chi connectivity index (χ4v) is 4.25. The van der Waals surface area contributed by atoms with Gasteiger partial charge in [-0.3, -0.25) is 18.5 Å². The van der Waals surface area contributed by atoms with Crippen LogP contribution in [0.3, 0.4) is 0 Å². The number of H-pyrrole nitrogens is 1. The number of aromatic amines is 1. The maximum Gasteiger partial charge on any atom is 0.332 e. The lowest BCUT2D eigenvalue weighted by atomic mass is 10.3. The highest BCUT2D eigenvalue weighted by Gasteiger charge is 2.22. The Balaban J connectivity index is 2.08. The van der Waals surface area contributed by atoms with Gasteiger partial charge in [0.25, 0.3) is 5.56 Å². The molecule has 2 heterocycles. The number of aromatic nitrogens is 4. The Morgan fingerprint density at radius 3 is 2.50 bits per heavy atom. The van der Waals surface area contributed by atoms with Crippen LogP contribution in [-0.4, -0.2) is 38.5 Å². The van der Waals surface area contributed by atoms with E-state index < -0.39 is 18.8 Å². The number of nitrogens with zero attached hydrogens (tertiary/aromatic N) is 3. The third kappa shape index (κ3) is 3.85. The van der Waals surface area contributed by atoms with E-state index in [0.717, 1.165) is 4.57 Å². The number of hydrogen-bond donors (Lipinski definition) is 1. The molecule has 0 amide bonds. The monoisotopic (exact) mass is 358 g/mol. The zero-order valence-corrected chi connectivity index (χ0v) is 15.0. The van der Waals surface area contributed by atoms with Gasteiger partial charge in [0.05, 0.1) is 25.7 Å². The second-order valence-electron chi connectivity index (χ2n) is 5.28. The predicted octanol–water partition coefficient (Wildman–Crippen LogP) is 1.47. The van der Waals surface area contributed by atoms with Crippen molar-refractivity contribution in [1.29, 1.82) is 0 Å². The molecule has 0 aliphatic heterocycles. The van der Waals surface area contributed by atoms with Crippen LogP contribution in [0.15, 0.2) is 15.9 Å². The Hall–Kier alpha value is -1.70. The summed E-state index contributed by atoms with van der Waals surface area (Å²) in [4.78, 5) is 31.3. The lowest BCUT2D eigenvalue weighted by molar-refractivity contribution is 0.219. The number of rotatable bonds is 9. The molecule has 2 aromatic rings. The van der Waals surface area contributed by atoms with Crippen LogP contribution in [0.4, 0.5) is 0 Å². The van der Waals surface area contributed by atoms with Crippen LogP contribution in [0, 0.1) is 0 Å². The van der Waals surface area contributed by atoms with Gasteiger partial charge in [-0.25, -0.2) is 9.78 Å². The molecule has 1 N–H and O–H groups in total.